The van der Waals surface area contributed by atoms with E-state index in [0.717, 1.165) is 37.5 Å². The zero-order valence-electron chi connectivity index (χ0n) is 13.1. The van der Waals surface area contributed by atoms with Gasteiger partial charge in [-0.15, -0.1) is 0 Å². The first kappa shape index (κ1) is 14.8. The third kappa shape index (κ3) is 3.22. The summed E-state index contributed by atoms with van der Waals surface area (Å²) in [4.78, 5) is 18.5. The molecule has 1 saturated heterocycles. The molecule has 0 spiro atoms. The fraction of sp³-hybridized carbons (Fsp3) is 0.500. The van der Waals surface area contributed by atoms with E-state index in [1.807, 2.05) is 19.1 Å². The van der Waals surface area contributed by atoms with E-state index in [0.29, 0.717) is 18.4 Å². The maximum atomic E-state index is 12.2. The molecule has 1 N–H and O–H groups in total. The molecule has 0 bridgehead atoms. The van der Waals surface area contributed by atoms with Crippen molar-refractivity contribution in [2.24, 2.45) is 7.05 Å². The Morgan fingerprint density at radius 3 is 3.09 bits per heavy atom. The fourth-order valence-corrected chi connectivity index (χ4v) is 2.86. The number of aryl methyl sites for hydroxylation is 2. The van der Waals surface area contributed by atoms with Gasteiger partial charge in [-0.3, -0.25) is 4.79 Å². The Labute approximate surface area is 129 Å². The molecule has 6 nitrogen and oxygen atoms in total. The average Bonchev–Trinajstić information content (AvgIpc) is 2.94. The van der Waals surface area contributed by atoms with Crippen molar-refractivity contribution in [2.45, 2.75) is 32.4 Å². The molecule has 0 amide bonds. The average molecular weight is 302 g/mol. The predicted octanol–water partition coefficient (Wildman–Crippen LogP) is 1.44. The van der Waals surface area contributed by atoms with Crippen LogP contribution in [0.15, 0.2) is 33.7 Å². The molecule has 0 unspecified atom stereocenters. The van der Waals surface area contributed by atoms with E-state index in [-0.39, 0.29) is 5.56 Å². The van der Waals surface area contributed by atoms with Crippen molar-refractivity contribution in [1.82, 2.24) is 14.9 Å². The van der Waals surface area contributed by atoms with E-state index in [1.165, 1.54) is 0 Å². The molecule has 0 aromatic carbocycles. The van der Waals surface area contributed by atoms with Gasteiger partial charge in [0.25, 0.3) is 5.56 Å². The number of nitrogens with zero attached hydrogens (tertiary/aromatic N) is 3. The Bertz CT molecular complexity index is 691. The van der Waals surface area contributed by atoms with Crippen LogP contribution in [0.2, 0.25) is 0 Å². The van der Waals surface area contributed by atoms with Crippen LogP contribution in [0, 0.1) is 6.92 Å². The van der Waals surface area contributed by atoms with Crippen LogP contribution in [0.25, 0.3) is 0 Å². The van der Waals surface area contributed by atoms with Crippen LogP contribution in [0.1, 0.15) is 24.4 Å². The lowest BCUT2D eigenvalue weighted by Gasteiger charge is -2.33. The van der Waals surface area contributed by atoms with Gasteiger partial charge in [0.1, 0.15) is 11.5 Å². The second-order valence-electron chi connectivity index (χ2n) is 5.85. The molecule has 1 aliphatic rings. The van der Waals surface area contributed by atoms with E-state index in [4.69, 9.17) is 4.42 Å². The van der Waals surface area contributed by atoms with Gasteiger partial charge in [0, 0.05) is 38.6 Å². The molecule has 0 saturated carbocycles. The van der Waals surface area contributed by atoms with Crippen LogP contribution in [0.5, 0.6) is 0 Å². The monoisotopic (exact) mass is 302 g/mol. The topological polar surface area (TPSA) is 63.3 Å². The summed E-state index contributed by atoms with van der Waals surface area (Å²) in [6, 6.07) is 4.31. The first-order chi connectivity index (χ1) is 10.6. The van der Waals surface area contributed by atoms with Gasteiger partial charge in [0.15, 0.2) is 5.82 Å². The molecule has 22 heavy (non-hydrogen) atoms. The Hall–Kier alpha value is -2.08. The minimum atomic E-state index is -0.0372. The van der Waals surface area contributed by atoms with Crippen molar-refractivity contribution in [3.8, 4) is 0 Å². The summed E-state index contributed by atoms with van der Waals surface area (Å²) in [5.41, 5.74) is -0.0372. The van der Waals surface area contributed by atoms with Crippen molar-refractivity contribution < 1.29 is 4.42 Å². The fourth-order valence-electron chi connectivity index (χ4n) is 2.86. The van der Waals surface area contributed by atoms with Crippen LogP contribution in [0.4, 0.5) is 5.82 Å². The van der Waals surface area contributed by atoms with E-state index < -0.39 is 0 Å². The molecular weight excluding hydrogens is 280 g/mol. The molecule has 118 valence electrons. The number of aromatic nitrogens is 2. The summed E-state index contributed by atoms with van der Waals surface area (Å²) >= 11 is 0. The summed E-state index contributed by atoms with van der Waals surface area (Å²) in [6.07, 6.45) is 5.52. The summed E-state index contributed by atoms with van der Waals surface area (Å²) in [6.45, 7) is 4.34. The number of piperidine rings is 1. The SMILES string of the molecule is Cc1ccc(CN[C@@H]2CCCN(c3nccn(C)c3=O)C2)o1. The van der Waals surface area contributed by atoms with E-state index in [2.05, 4.69) is 15.2 Å². The van der Waals surface area contributed by atoms with Gasteiger partial charge in [0.2, 0.25) is 0 Å². The lowest BCUT2D eigenvalue weighted by atomic mass is 10.1. The Morgan fingerprint density at radius 1 is 1.45 bits per heavy atom. The van der Waals surface area contributed by atoms with Crippen LogP contribution in [-0.2, 0) is 13.6 Å². The van der Waals surface area contributed by atoms with Gasteiger partial charge in [0.05, 0.1) is 6.54 Å². The molecule has 1 fully saturated rings. The summed E-state index contributed by atoms with van der Waals surface area (Å²) in [5, 5.41) is 3.51. The first-order valence-electron chi connectivity index (χ1n) is 7.69. The molecule has 2 aromatic rings. The Morgan fingerprint density at radius 2 is 2.32 bits per heavy atom. The highest BCUT2D eigenvalue weighted by Gasteiger charge is 2.22. The molecular formula is C16H22N4O2. The number of anilines is 1. The number of rotatable bonds is 4. The van der Waals surface area contributed by atoms with Gasteiger partial charge < -0.3 is 19.2 Å². The Kier molecular flexibility index (Phi) is 4.29. The van der Waals surface area contributed by atoms with Crippen LogP contribution >= 0.6 is 0 Å². The van der Waals surface area contributed by atoms with Crippen molar-refractivity contribution in [3.63, 3.8) is 0 Å². The third-order valence-electron chi connectivity index (χ3n) is 4.08. The highest BCUT2D eigenvalue weighted by Crippen LogP contribution is 2.15. The molecule has 3 rings (SSSR count). The second-order valence-corrected chi connectivity index (χ2v) is 5.85. The minimum absolute atomic E-state index is 0.0372. The number of nitrogens with one attached hydrogen (secondary N) is 1. The van der Waals surface area contributed by atoms with Gasteiger partial charge in [-0.05, 0) is 31.9 Å². The molecule has 1 aliphatic heterocycles. The smallest absolute Gasteiger partial charge is 0.293 e. The molecule has 0 radical (unpaired) electrons. The predicted molar refractivity (Wildman–Crippen MR) is 85.0 cm³/mol. The maximum Gasteiger partial charge on any atom is 0.293 e. The summed E-state index contributed by atoms with van der Waals surface area (Å²) < 4.78 is 7.15. The lowest BCUT2D eigenvalue weighted by Crippen LogP contribution is -2.47. The van der Waals surface area contributed by atoms with Gasteiger partial charge in [-0.1, -0.05) is 0 Å². The van der Waals surface area contributed by atoms with Gasteiger partial charge >= 0.3 is 0 Å². The van der Waals surface area contributed by atoms with E-state index in [1.54, 1.807) is 24.0 Å². The maximum absolute atomic E-state index is 12.2. The largest absolute Gasteiger partial charge is 0.465 e. The zero-order valence-corrected chi connectivity index (χ0v) is 13.1. The highest BCUT2D eigenvalue weighted by molar-refractivity contribution is 5.36. The number of furan rings is 1. The van der Waals surface area contributed by atoms with Crippen molar-refractivity contribution >= 4 is 5.82 Å². The van der Waals surface area contributed by atoms with Crippen molar-refractivity contribution in [3.05, 3.63) is 46.4 Å². The molecule has 1 atom stereocenters. The Balaban J connectivity index is 1.64. The second kappa shape index (κ2) is 6.36. The standard InChI is InChI=1S/C16H22N4O2/c1-12-5-6-14(22-12)10-18-13-4-3-8-20(11-13)15-16(21)19(2)9-7-17-15/h5-7,9,13,18H,3-4,8,10-11H2,1-2H3/t13-/m1/s1. The first-order valence-corrected chi connectivity index (χ1v) is 7.69. The number of hydrogen-bond acceptors (Lipinski definition) is 5. The summed E-state index contributed by atoms with van der Waals surface area (Å²) in [7, 11) is 1.76. The van der Waals surface area contributed by atoms with E-state index >= 15 is 0 Å². The summed E-state index contributed by atoms with van der Waals surface area (Å²) in [5.74, 6) is 2.42. The number of hydrogen-bond donors (Lipinski definition) is 1. The molecule has 6 heteroatoms. The molecule has 2 aromatic heterocycles. The third-order valence-corrected chi connectivity index (χ3v) is 4.08. The normalized spacial score (nSPS) is 18.6. The minimum Gasteiger partial charge on any atom is -0.465 e. The van der Waals surface area contributed by atoms with E-state index in [9.17, 15) is 4.79 Å². The van der Waals surface area contributed by atoms with Crippen molar-refractivity contribution in [2.75, 3.05) is 18.0 Å². The quantitative estimate of drug-likeness (QED) is 0.926. The van der Waals surface area contributed by atoms with Crippen LogP contribution in [-0.4, -0.2) is 28.7 Å². The molecule has 3 heterocycles. The van der Waals surface area contributed by atoms with Crippen LogP contribution in [0.3, 0.4) is 0 Å². The lowest BCUT2D eigenvalue weighted by molar-refractivity contribution is 0.388. The van der Waals surface area contributed by atoms with Gasteiger partial charge in [-0.2, -0.15) is 0 Å². The molecule has 0 aliphatic carbocycles. The van der Waals surface area contributed by atoms with Crippen molar-refractivity contribution in [1.29, 1.82) is 0 Å². The zero-order chi connectivity index (χ0) is 15.5. The van der Waals surface area contributed by atoms with Crippen LogP contribution < -0.4 is 15.8 Å². The highest BCUT2D eigenvalue weighted by atomic mass is 16.3. The van der Waals surface area contributed by atoms with Gasteiger partial charge in [-0.25, -0.2) is 4.98 Å².